The molecule has 2 N–H and O–H groups in total. The number of aromatic nitrogens is 3. The van der Waals surface area contributed by atoms with Gasteiger partial charge in [-0.3, -0.25) is 4.79 Å². The monoisotopic (exact) mass is 270 g/mol. The van der Waals surface area contributed by atoms with Crippen molar-refractivity contribution in [2.45, 2.75) is 42.1 Å². The first-order chi connectivity index (χ1) is 8.57. The molecule has 0 aromatic carbocycles. The van der Waals surface area contributed by atoms with E-state index in [-0.39, 0.29) is 5.25 Å². The van der Waals surface area contributed by atoms with Gasteiger partial charge < -0.3 is 10.4 Å². The Morgan fingerprint density at radius 1 is 1.78 bits per heavy atom. The van der Waals surface area contributed by atoms with Crippen molar-refractivity contribution < 1.29 is 9.90 Å². The molecule has 0 radical (unpaired) electrons. The van der Waals surface area contributed by atoms with Gasteiger partial charge in [0.05, 0.1) is 0 Å². The summed E-state index contributed by atoms with van der Waals surface area (Å²) in [5.74, 6) is -0.745. The van der Waals surface area contributed by atoms with Gasteiger partial charge in [0.2, 0.25) is 0 Å². The normalized spacial score (nSPS) is 27.6. The Hall–Kier alpha value is -1.08. The Bertz CT molecular complexity index is 436. The van der Waals surface area contributed by atoms with Crippen molar-refractivity contribution >= 4 is 17.7 Å². The van der Waals surface area contributed by atoms with E-state index in [0.29, 0.717) is 19.4 Å². The summed E-state index contributed by atoms with van der Waals surface area (Å²) >= 11 is 1.62. The van der Waals surface area contributed by atoms with E-state index >= 15 is 0 Å². The largest absolute Gasteiger partial charge is 0.480 e. The Morgan fingerprint density at radius 3 is 3.11 bits per heavy atom. The molecule has 1 fully saturated rings. The lowest BCUT2D eigenvalue weighted by Crippen LogP contribution is -2.50. The van der Waals surface area contributed by atoms with E-state index in [2.05, 4.69) is 15.4 Å². The first-order valence-corrected chi connectivity index (χ1v) is 6.94. The third kappa shape index (κ3) is 2.51. The summed E-state index contributed by atoms with van der Waals surface area (Å²) in [5.41, 5.74) is -0.759. The summed E-state index contributed by atoms with van der Waals surface area (Å²) in [7, 11) is 1.85. The lowest BCUT2D eigenvalue weighted by atomic mass is 9.98. The van der Waals surface area contributed by atoms with E-state index in [4.69, 9.17) is 0 Å². The van der Waals surface area contributed by atoms with Crippen LogP contribution in [0.1, 0.15) is 26.2 Å². The van der Waals surface area contributed by atoms with Gasteiger partial charge in [-0.15, -0.1) is 0 Å². The predicted molar refractivity (Wildman–Crippen MR) is 68.5 cm³/mol. The van der Waals surface area contributed by atoms with E-state index in [0.717, 1.165) is 11.6 Å². The van der Waals surface area contributed by atoms with Crippen LogP contribution in [0.25, 0.3) is 0 Å². The minimum Gasteiger partial charge on any atom is -0.480 e. The molecule has 0 aliphatic heterocycles. The van der Waals surface area contributed by atoms with Gasteiger partial charge in [0.1, 0.15) is 11.9 Å². The maximum atomic E-state index is 11.4. The SMILES string of the molecule is CCNC1(C(=O)O)CCC(Sc2ncnn2C)C1. The van der Waals surface area contributed by atoms with Crippen molar-refractivity contribution in [1.29, 1.82) is 0 Å². The summed E-state index contributed by atoms with van der Waals surface area (Å²) in [4.78, 5) is 15.6. The van der Waals surface area contributed by atoms with Crippen LogP contribution < -0.4 is 5.32 Å². The zero-order valence-corrected chi connectivity index (χ0v) is 11.4. The van der Waals surface area contributed by atoms with Crippen LogP contribution in [0.2, 0.25) is 0 Å². The van der Waals surface area contributed by atoms with Crippen LogP contribution in [0.4, 0.5) is 0 Å². The van der Waals surface area contributed by atoms with Gasteiger partial charge in [0.25, 0.3) is 0 Å². The second kappa shape index (κ2) is 5.27. The fraction of sp³-hybridized carbons (Fsp3) is 0.727. The molecule has 0 bridgehead atoms. The molecule has 0 spiro atoms. The molecule has 2 unspecified atom stereocenters. The molecule has 1 aliphatic rings. The lowest BCUT2D eigenvalue weighted by molar-refractivity contribution is -0.144. The maximum Gasteiger partial charge on any atom is 0.323 e. The average molecular weight is 270 g/mol. The molecule has 100 valence electrons. The number of rotatable bonds is 5. The molecule has 0 saturated heterocycles. The highest BCUT2D eigenvalue weighted by molar-refractivity contribution is 7.99. The van der Waals surface area contributed by atoms with Gasteiger partial charge in [-0.25, -0.2) is 9.67 Å². The van der Waals surface area contributed by atoms with Gasteiger partial charge in [0, 0.05) is 12.3 Å². The van der Waals surface area contributed by atoms with Crippen molar-refractivity contribution in [3.63, 3.8) is 0 Å². The van der Waals surface area contributed by atoms with Crippen LogP contribution in [0.15, 0.2) is 11.5 Å². The first-order valence-electron chi connectivity index (χ1n) is 6.06. The van der Waals surface area contributed by atoms with Gasteiger partial charge >= 0.3 is 5.97 Å². The maximum absolute atomic E-state index is 11.4. The molecule has 1 aromatic rings. The van der Waals surface area contributed by atoms with Crippen LogP contribution in [0.5, 0.6) is 0 Å². The number of thioether (sulfide) groups is 1. The third-order valence-electron chi connectivity index (χ3n) is 3.34. The molecule has 0 amide bonds. The number of aryl methyl sites for hydroxylation is 1. The summed E-state index contributed by atoms with van der Waals surface area (Å²) in [6.07, 6.45) is 3.71. The van der Waals surface area contributed by atoms with Crippen LogP contribution in [0, 0.1) is 0 Å². The molecule has 1 aliphatic carbocycles. The number of carboxylic acids is 1. The number of likely N-dealkylation sites (N-methyl/N-ethyl adjacent to an activating group) is 1. The zero-order chi connectivity index (χ0) is 13.2. The quantitative estimate of drug-likeness (QED) is 0.827. The van der Waals surface area contributed by atoms with E-state index in [1.165, 1.54) is 6.33 Å². The Morgan fingerprint density at radius 2 is 2.56 bits per heavy atom. The number of aliphatic carboxylic acids is 1. The van der Waals surface area contributed by atoms with Gasteiger partial charge in [-0.2, -0.15) is 5.10 Å². The lowest BCUT2D eigenvalue weighted by Gasteiger charge is -2.25. The highest BCUT2D eigenvalue weighted by Crippen LogP contribution is 2.39. The van der Waals surface area contributed by atoms with E-state index in [1.54, 1.807) is 16.4 Å². The van der Waals surface area contributed by atoms with Crippen molar-refractivity contribution in [1.82, 2.24) is 20.1 Å². The Labute approximate surface area is 110 Å². The van der Waals surface area contributed by atoms with Crippen LogP contribution in [-0.2, 0) is 11.8 Å². The molecule has 1 saturated carbocycles. The predicted octanol–water partition coefficient (Wildman–Crippen LogP) is 0.893. The van der Waals surface area contributed by atoms with Gasteiger partial charge in [-0.05, 0) is 25.8 Å². The third-order valence-corrected chi connectivity index (χ3v) is 4.65. The molecule has 6 nitrogen and oxygen atoms in total. The van der Waals surface area contributed by atoms with Gasteiger partial charge in [-0.1, -0.05) is 18.7 Å². The number of nitrogens with zero attached hydrogens (tertiary/aromatic N) is 3. The van der Waals surface area contributed by atoms with Crippen molar-refractivity contribution in [2.24, 2.45) is 7.05 Å². The number of carboxylic acid groups (broad SMARTS) is 1. The van der Waals surface area contributed by atoms with Crippen molar-refractivity contribution in [2.75, 3.05) is 6.54 Å². The zero-order valence-electron chi connectivity index (χ0n) is 10.6. The van der Waals surface area contributed by atoms with Crippen molar-refractivity contribution in [3.05, 3.63) is 6.33 Å². The van der Waals surface area contributed by atoms with Crippen LogP contribution >= 0.6 is 11.8 Å². The number of nitrogens with one attached hydrogen (secondary N) is 1. The smallest absolute Gasteiger partial charge is 0.323 e. The summed E-state index contributed by atoms with van der Waals surface area (Å²) < 4.78 is 1.72. The van der Waals surface area contributed by atoms with Crippen LogP contribution in [0.3, 0.4) is 0 Å². The molecular formula is C11H18N4O2S. The fourth-order valence-corrected chi connectivity index (χ4v) is 3.62. The minimum absolute atomic E-state index is 0.281. The number of hydrogen-bond acceptors (Lipinski definition) is 5. The second-order valence-electron chi connectivity index (χ2n) is 4.57. The molecule has 18 heavy (non-hydrogen) atoms. The van der Waals surface area contributed by atoms with Gasteiger partial charge in [0.15, 0.2) is 5.16 Å². The molecule has 1 heterocycles. The van der Waals surface area contributed by atoms with Crippen molar-refractivity contribution in [3.8, 4) is 0 Å². The Balaban J connectivity index is 2.03. The minimum atomic E-state index is -0.759. The molecule has 2 rings (SSSR count). The van der Waals surface area contributed by atoms with E-state index in [1.807, 2.05) is 14.0 Å². The summed E-state index contributed by atoms with van der Waals surface area (Å²) in [6.45, 7) is 2.61. The van der Waals surface area contributed by atoms with E-state index < -0.39 is 11.5 Å². The average Bonchev–Trinajstić information content (AvgIpc) is 2.89. The van der Waals surface area contributed by atoms with E-state index in [9.17, 15) is 9.90 Å². The number of hydrogen-bond donors (Lipinski definition) is 2. The second-order valence-corrected chi connectivity index (χ2v) is 5.83. The Kier molecular flexibility index (Phi) is 3.91. The van der Waals surface area contributed by atoms with Crippen LogP contribution in [-0.4, -0.2) is 43.2 Å². The molecular weight excluding hydrogens is 252 g/mol. The molecule has 2 atom stereocenters. The summed E-state index contributed by atoms with van der Waals surface area (Å²) in [6, 6.07) is 0. The molecule has 7 heteroatoms. The topological polar surface area (TPSA) is 80.0 Å². The fourth-order valence-electron chi connectivity index (χ4n) is 2.41. The highest BCUT2D eigenvalue weighted by Gasteiger charge is 2.45. The number of carbonyl (C=O) groups is 1. The highest BCUT2D eigenvalue weighted by atomic mass is 32.2. The molecule has 1 aromatic heterocycles. The summed E-state index contributed by atoms with van der Waals surface area (Å²) in [5, 5.41) is 17.7. The standard InChI is InChI=1S/C11H18N4O2S/c1-3-13-11(9(16)17)5-4-8(6-11)18-10-12-7-14-15(10)2/h7-8,13H,3-6H2,1-2H3,(H,16,17). The first kappa shape index (κ1) is 13.4.